The van der Waals surface area contributed by atoms with Gasteiger partial charge in [0.25, 0.3) is 0 Å². The molecule has 0 N–H and O–H groups in total. The molecule has 0 atom stereocenters. The molecule has 3 aromatic heterocycles. The van der Waals surface area contributed by atoms with Gasteiger partial charge in [-0.05, 0) is 123 Å². The minimum absolute atomic E-state index is 1.01. The average Bonchev–Trinajstić information content (AvgIpc) is 4.03. The van der Waals surface area contributed by atoms with Crippen molar-refractivity contribution in [1.82, 2.24) is 14.1 Å². The zero-order valence-electron chi connectivity index (χ0n) is 35.9. The molecule has 3 heterocycles. The van der Waals surface area contributed by atoms with E-state index >= 15 is 0 Å². The summed E-state index contributed by atoms with van der Waals surface area (Å²) in [7, 11) is 0. The van der Waals surface area contributed by atoms with Gasteiger partial charge in [0.15, 0.2) is 0 Å². The van der Waals surface area contributed by atoms with Crippen LogP contribution in [0.4, 0.5) is 0 Å². The molecule has 66 heavy (non-hydrogen) atoms. The Bertz CT molecular complexity index is 4070. The Morgan fingerprint density at radius 1 is 0.258 bits per heavy atom. The quantitative estimate of drug-likeness (QED) is 0.164. The highest BCUT2D eigenvalue weighted by Crippen LogP contribution is 2.49. The first kappa shape index (κ1) is 36.7. The van der Waals surface area contributed by atoms with Gasteiger partial charge in [-0.15, -0.1) is 0 Å². The summed E-state index contributed by atoms with van der Waals surface area (Å²) in [6, 6.07) is 84.3. The molecule has 0 spiro atoms. The van der Waals surface area contributed by atoms with Crippen LogP contribution in [-0.2, 0) is 0 Å². The summed E-state index contributed by atoms with van der Waals surface area (Å²) in [5.74, 6) is 0. The minimum atomic E-state index is 1.01. The van der Waals surface area contributed by atoms with Crippen LogP contribution in [-0.4, -0.2) is 14.1 Å². The number of hydrogen-bond acceptors (Lipinski definition) is 1. The lowest BCUT2D eigenvalue weighted by Crippen LogP contribution is -1.94. The first-order valence-corrected chi connectivity index (χ1v) is 22.7. The summed E-state index contributed by atoms with van der Waals surface area (Å²) in [4.78, 5) is 5.16. The zero-order valence-corrected chi connectivity index (χ0v) is 35.9. The van der Waals surface area contributed by atoms with Gasteiger partial charge in [-0.2, -0.15) is 0 Å². The highest BCUT2D eigenvalue weighted by molar-refractivity contribution is 6.18. The molecule has 3 nitrogen and oxygen atoms in total. The van der Waals surface area contributed by atoms with Gasteiger partial charge in [0, 0.05) is 61.0 Å². The molecule has 0 saturated carbocycles. The molecule has 0 aliphatic heterocycles. The molecule has 10 aromatic carbocycles. The van der Waals surface area contributed by atoms with E-state index in [0.29, 0.717) is 0 Å². The normalized spacial score (nSPS) is 11.9. The van der Waals surface area contributed by atoms with Crippen LogP contribution in [0.5, 0.6) is 0 Å². The number of rotatable bonds is 6. The summed E-state index contributed by atoms with van der Waals surface area (Å²) in [6.07, 6.45) is 2.07. The zero-order chi connectivity index (χ0) is 43.3. The smallest absolute Gasteiger partial charge is 0.0781 e. The lowest BCUT2D eigenvalue weighted by Gasteiger charge is -2.12. The highest BCUT2D eigenvalue weighted by atomic mass is 15.0. The van der Waals surface area contributed by atoms with Gasteiger partial charge in [0.2, 0.25) is 0 Å². The first-order chi connectivity index (χ1) is 32.7. The van der Waals surface area contributed by atoms with Crippen LogP contribution in [0, 0.1) is 0 Å². The van der Waals surface area contributed by atoms with Crippen molar-refractivity contribution < 1.29 is 0 Å². The van der Waals surface area contributed by atoms with Crippen molar-refractivity contribution in [2.75, 3.05) is 0 Å². The standard InChI is InChI=1S/C63H39N3/c1-3-14-40(15-4-1)42-17-12-21-48(35-42)66-60-32-28-43(41-16-11-18-46(34-41)63-53-26-13-25-52-49-22-7-8-23-50(49)57(39-64-63)62(52)53)37-55(60)56-38-45(30-33-61(56)66)44-29-31-59-54(36-44)51-24-9-10-27-58(51)65(59)47-19-5-2-6-20-47/h1-39H. The van der Waals surface area contributed by atoms with Crippen molar-refractivity contribution in [2.45, 2.75) is 0 Å². The molecule has 1 aliphatic rings. The number of fused-ring (bicyclic) bond motifs is 9. The molecule has 3 heteroatoms. The number of hydrogen-bond donors (Lipinski definition) is 0. The van der Waals surface area contributed by atoms with Gasteiger partial charge in [0.05, 0.1) is 27.8 Å². The van der Waals surface area contributed by atoms with E-state index in [-0.39, 0.29) is 0 Å². The van der Waals surface area contributed by atoms with Gasteiger partial charge >= 0.3 is 0 Å². The van der Waals surface area contributed by atoms with Gasteiger partial charge in [-0.3, -0.25) is 4.98 Å². The van der Waals surface area contributed by atoms with Crippen LogP contribution >= 0.6 is 0 Å². The Morgan fingerprint density at radius 2 is 0.712 bits per heavy atom. The third-order valence-electron chi connectivity index (χ3n) is 13.9. The number of para-hydroxylation sites is 2. The molecular formula is C63H39N3. The maximum absolute atomic E-state index is 5.16. The Kier molecular flexibility index (Phi) is 7.98. The van der Waals surface area contributed by atoms with Crippen LogP contribution in [0.15, 0.2) is 237 Å². The molecule has 0 fully saturated rings. The molecule has 14 rings (SSSR count). The number of nitrogens with zero attached hydrogens (tertiary/aromatic N) is 3. The van der Waals surface area contributed by atoms with Crippen LogP contribution in [0.25, 0.3) is 133 Å². The predicted molar refractivity (Wildman–Crippen MR) is 277 cm³/mol. The van der Waals surface area contributed by atoms with Crippen molar-refractivity contribution in [1.29, 1.82) is 0 Å². The van der Waals surface area contributed by atoms with Gasteiger partial charge < -0.3 is 9.13 Å². The Morgan fingerprint density at radius 3 is 1.42 bits per heavy atom. The second kappa shape index (κ2) is 14.4. The third-order valence-corrected chi connectivity index (χ3v) is 13.9. The number of pyridine rings is 1. The Labute approximate surface area is 381 Å². The van der Waals surface area contributed by atoms with Crippen LogP contribution in [0.3, 0.4) is 0 Å². The topological polar surface area (TPSA) is 22.8 Å². The molecule has 0 unspecified atom stereocenters. The summed E-state index contributed by atoms with van der Waals surface area (Å²) < 4.78 is 4.82. The summed E-state index contributed by atoms with van der Waals surface area (Å²) in [5, 5.41) is 7.39. The molecule has 0 saturated heterocycles. The van der Waals surface area contributed by atoms with E-state index in [4.69, 9.17) is 4.98 Å². The number of aromatic nitrogens is 3. The van der Waals surface area contributed by atoms with Gasteiger partial charge in [-0.25, -0.2) is 0 Å². The average molecular weight is 838 g/mol. The van der Waals surface area contributed by atoms with Crippen molar-refractivity contribution in [2.24, 2.45) is 0 Å². The second-order valence-corrected chi connectivity index (χ2v) is 17.5. The molecule has 1 aliphatic carbocycles. The van der Waals surface area contributed by atoms with Crippen molar-refractivity contribution in [3.8, 4) is 78.3 Å². The SMILES string of the molecule is c1ccc(-c2cccc(-n3c4ccc(-c5cccc(-c6ncc7c8c(cccc68)-c6ccccc6-7)c5)cc4c4cc(-c5ccc6c(c5)c5ccccc5n6-c5ccccc5)ccc43)c2)cc1. The molecule has 13 aromatic rings. The fourth-order valence-corrected chi connectivity index (χ4v) is 10.9. The minimum Gasteiger partial charge on any atom is -0.309 e. The Hall–Kier alpha value is -8.79. The molecular weight excluding hydrogens is 799 g/mol. The van der Waals surface area contributed by atoms with Gasteiger partial charge in [-0.1, -0.05) is 158 Å². The molecule has 0 amide bonds. The monoisotopic (exact) mass is 837 g/mol. The van der Waals surface area contributed by atoms with E-state index in [1.54, 1.807) is 0 Å². The second-order valence-electron chi connectivity index (χ2n) is 17.5. The lowest BCUT2D eigenvalue weighted by molar-refractivity contribution is 1.18. The molecule has 0 bridgehead atoms. The molecule has 306 valence electrons. The summed E-state index contributed by atoms with van der Waals surface area (Å²) in [6.45, 7) is 0. The van der Waals surface area contributed by atoms with E-state index in [1.807, 2.05) is 0 Å². The fourth-order valence-electron chi connectivity index (χ4n) is 10.9. The van der Waals surface area contributed by atoms with Gasteiger partial charge in [0.1, 0.15) is 0 Å². The lowest BCUT2D eigenvalue weighted by atomic mass is 9.96. The molecule has 0 radical (unpaired) electrons. The van der Waals surface area contributed by atoms with E-state index < -0.39 is 0 Å². The largest absolute Gasteiger partial charge is 0.309 e. The third kappa shape index (κ3) is 5.54. The highest BCUT2D eigenvalue weighted by Gasteiger charge is 2.24. The van der Waals surface area contributed by atoms with E-state index in [0.717, 1.165) is 28.2 Å². The van der Waals surface area contributed by atoms with Crippen LogP contribution < -0.4 is 0 Å². The van der Waals surface area contributed by atoms with E-state index in [9.17, 15) is 0 Å². The predicted octanol–water partition coefficient (Wildman–Crippen LogP) is 16.7. The van der Waals surface area contributed by atoms with Crippen molar-refractivity contribution >= 4 is 54.4 Å². The van der Waals surface area contributed by atoms with E-state index in [2.05, 4.69) is 246 Å². The van der Waals surface area contributed by atoms with Crippen molar-refractivity contribution in [3.05, 3.63) is 237 Å². The maximum atomic E-state index is 5.16. The van der Waals surface area contributed by atoms with Crippen LogP contribution in [0.1, 0.15) is 0 Å². The maximum Gasteiger partial charge on any atom is 0.0781 e. The fraction of sp³-hybridized carbons (Fsp3) is 0. The first-order valence-electron chi connectivity index (χ1n) is 22.7. The summed E-state index contributed by atoms with van der Waals surface area (Å²) >= 11 is 0. The Balaban J connectivity index is 0.942. The van der Waals surface area contributed by atoms with Crippen LogP contribution in [0.2, 0.25) is 0 Å². The summed E-state index contributed by atoms with van der Waals surface area (Å²) in [5.41, 5.74) is 21.3. The van der Waals surface area contributed by atoms with E-state index in [1.165, 1.54) is 104 Å². The van der Waals surface area contributed by atoms with Crippen molar-refractivity contribution in [3.63, 3.8) is 0 Å². The number of benzene rings is 10.